The molecule has 1 aromatic rings. The van der Waals surface area contributed by atoms with Crippen molar-refractivity contribution in [3.63, 3.8) is 0 Å². The molecule has 1 fully saturated rings. The predicted octanol–water partition coefficient (Wildman–Crippen LogP) is 3.40. The van der Waals surface area contributed by atoms with E-state index in [2.05, 4.69) is 43.1 Å². The summed E-state index contributed by atoms with van der Waals surface area (Å²) in [7, 11) is 0. The maximum absolute atomic E-state index is 5.92. The number of furan rings is 1. The zero-order valence-electron chi connectivity index (χ0n) is 12.6. The van der Waals surface area contributed by atoms with Crippen LogP contribution in [0.2, 0.25) is 0 Å². The van der Waals surface area contributed by atoms with E-state index in [-0.39, 0.29) is 0 Å². The van der Waals surface area contributed by atoms with Gasteiger partial charge in [0, 0.05) is 12.6 Å². The van der Waals surface area contributed by atoms with Gasteiger partial charge >= 0.3 is 0 Å². The molecule has 2 rings (SSSR count). The molecule has 0 amide bonds. The van der Waals surface area contributed by atoms with Gasteiger partial charge < -0.3 is 9.73 Å². The maximum Gasteiger partial charge on any atom is 0.118 e. The van der Waals surface area contributed by atoms with Crippen LogP contribution in [0.1, 0.15) is 51.6 Å². The van der Waals surface area contributed by atoms with Crippen LogP contribution in [0, 0.1) is 5.92 Å². The van der Waals surface area contributed by atoms with Crippen LogP contribution in [-0.4, -0.2) is 24.0 Å². The van der Waals surface area contributed by atoms with Gasteiger partial charge in [0.2, 0.25) is 0 Å². The van der Waals surface area contributed by atoms with Gasteiger partial charge in [-0.1, -0.05) is 20.8 Å². The van der Waals surface area contributed by atoms with E-state index in [0.717, 1.165) is 49.5 Å². The number of rotatable bonds is 9. The van der Waals surface area contributed by atoms with E-state index < -0.39 is 0 Å². The summed E-state index contributed by atoms with van der Waals surface area (Å²) in [5, 5.41) is 3.38. The molecule has 108 valence electrons. The van der Waals surface area contributed by atoms with Gasteiger partial charge in [-0.3, -0.25) is 4.90 Å². The molecule has 0 atom stereocenters. The Balaban J connectivity index is 1.83. The summed E-state index contributed by atoms with van der Waals surface area (Å²) in [6.45, 7) is 10.8. The second-order valence-electron chi connectivity index (χ2n) is 6.10. The van der Waals surface area contributed by atoms with Crippen LogP contribution in [0.15, 0.2) is 16.5 Å². The molecule has 1 heterocycles. The van der Waals surface area contributed by atoms with Gasteiger partial charge in [0.1, 0.15) is 11.5 Å². The molecule has 0 aromatic carbocycles. The van der Waals surface area contributed by atoms with Gasteiger partial charge in [-0.25, -0.2) is 0 Å². The molecule has 0 aliphatic heterocycles. The van der Waals surface area contributed by atoms with Crippen LogP contribution < -0.4 is 5.32 Å². The molecule has 0 spiro atoms. The lowest BCUT2D eigenvalue weighted by molar-refractivity contribution is 0.207. The van der Waals surface area contributed by atoms with E-state index in [0.29, 0.717) is 0 Å². The van der Waals surface area contributed by atoms with Crippen molar-refractivity contribution in [3.05, 3.63) is 23.7 Å². The zero-order valence-corrected chi connectivity index (χ0v) is 12.6. The Labute approximate surface area is 117 Å². The summed E-state index contributed by atoms with van der Waals surface area (Å²) < 4.78 is 5.92. The molecule has 1 N–H and O–H groups in total. The first-order valence-electron chi connectivity index (χ1n) is 7.71. The molecule has 3 heteroatoms. The van der Waals surface area contributed by atoms with Crippen molar-refractivity contribution < 1.29 is 4.42 Å². The topological polar surface area (TPSA) is 28.4 Å². The molecule has 0 unspecified atom stereocenters. The summed E-state index contributed by atoms with van der Waals surface area (Å²) in [6.07, 6.45) is 3.88. The van der Waals surface area contributed by atoms with Gasteiger partial charge in [0.25, 0.3) is 0 Å². The lowest BCUT2D eigenvalue weighted by Gasteiger charge is -2.22. The Bertz CT molecular complexity index is 369. The first-order chi connectivity index (χ1) is 9.19. The fraction of sp³-hybridized carbons (Fsp3) is 0.750. The van der Waals surface area contributed by atoms with Crippen LogP contribution in [0.3, 0.4) is 0 Å². The minimum Gasteiger partial charge on any atom is -0.463 e. The highest BCUT2D eigenvalue weighted by atomic mass is 16.3. The van der Waals surface area contributed by atoms with Crippen LogP contribution in [-0.2, 0) is 13.1 Å². The summed E-state index contributed by atoms with van der Waals surface area (Å²) in [5.74, 6) is 2.89. The lowest BCUT2D eigenvalue weighted by atomic mass is 10.2. The highest BCUT2D eigenvalue weighted by Gasteiger charge is 2.29. The van der Waals surface area contributed by atoms with Crippen LogP contribution in [0.5, 0.6) is 0 Å². The van der Waals surface area contributed by atoms with E-state index >= 15 is 0 Å². The Hall–Kier alpha value is -0.800. The molecule has 19 heavy (non-hydrogen) atoms. The molecule has 3 nitrogen and oxygen atoms in total. The maximum atomic E-state index is 5.92. The predicted molar refractivity (Wildman–Crippen MR) is 79.0 cm³/mol. The van der Waals surface area contributed by atoms with Crippen molar-refractivity contribution in [1.29, 1.82) is 0 Å². The van der Waals surface area contributed by atoms with Gasteiger partial charge in [-0.2, -0.15) is 0 Å². The quantitative estimate of drug-likeness (QED) is 0.693. The molecular weight excluding hydrogens is 236 g/mol. The Morgan fingerprint density at radius 3 is 2.68 bits per heavy atom. The Kier molecular flexibility index (Phi) is 5.46. The standard InChI is InChI=1S/C16H28N2O/c1-4-9-17-10-15-7-8-16(19-15)12-18(11-13(2)3)14-5-6-14/h7-8,13-14,17H,4-6,9-12H2,1-3H3. The first-order valence-corrected chi connectivity index (χ1v) is 7.71. The average Bonchev–Trinajstić information content (AvgIpc) is 3.11. The second-order valence-corrected chi connectivity index (χ2v) is 6.10. The van der Waals surface area contributed by atoms with Crippen LogP contribution >= 0.6 is 0 Å². The van der Waals surface area contributed by atoms with Crippen molar-refractivity contribution in [3.8, 4) is 0 Å². The molecule has 1 aliphatic carbocycles. The summed E-state index contributed by atoms with van der Waals surface area (Å²) in [6, 6.07) is 5.05. The Morgan fingerprint density at radius 1 is 1.32 bits per heavy atom. The summed E-state index contributed by atoms with van der Waals surface area (Å²) in [5.41, 5.74) is 0. The van der Waals surface area contributed by atoms with Crippen molar-refractivity contribution in [2.45, 2.75) is 59.2 Å². The minimum atomic E-state index is 0.723. The summed E-state index contributed by atoms with van der Waals surface area (Å²) >= 11 is 0. The third-order valence-corrected chi connectivity index (χ3v) is 3.47. The van der Waals surface area contributed by atoms with Crippen LogP contribution in [0.25, 0.3) is 0 Å². The van der Waals surface area contributed by atoms with E-state index in [4.69, 9.17) is 4.42 Å². The number of nitrogens with zero attached hydrogens (tertiary/aromatic N) is 1. The minimum absolute atomic E-state index is 0.723. The van der Waals surface area contributed by atoms with Gasteiger partial charge in [-0.05, 0) is 43.9 Å². The van der Waals surface area contributed by atoms with Crippen molar-refractivity contribution in [2.75, 3.05) is 13.1 Å². The van der Waals surface area contributed by atoms with E-state index in [1.165, 1.54) is 19.4 Å². The number of hydrogen-bond acceptors (Lipinski definition) is 3. The second kappa shape index (κ2) is 7.11. The van der Waals surface area contributed by atoms with Crippen LogP contribution in [0.4, 0.5) is 0 Å². The molecule has 1 saturated carbocycles. The molecule has 0 bridgehead atoms. The third-order valence-electron chi connectivity index (χ3n) is 3.47. The fourth-order valence-corrected chi connectivity index (χ4v) is 2.44. The Morgan fingerprint density at radius 2 is 2.05 bits per heavy atom. The summed E-state index contributed by atoms with van der Waals surface area (Å²) in [4.78, 5) is 2.58. The largest absolute Gasteiger partial charge is 0.463 e. The van der Waals surface area contributed by atoms with Gasteiger partial charge in [0.15, 0.2) is 0 Å². The monoisotopic (exact) mass is 264 g/mol. The first kappa shape index (κ1) is 14.6. The van der Waals surface area contributed by atoms with Gasteiger partial charge in [-0.15, -0.1) is 0 Å². The fourth-order valence-electron chi connectivity index (χ4n) is 2.44. The van der Waals surface area contributed by atoms with Crippen molar-refractivity contribution >= 4 is 0 Å². The van der Waals surface area contributed by atoms with Crippen molar-refractivity contribution in [2.24, 2.45) is 5.92 Å². The molecule has 1 aliphatic rings. The van der Waals surface area contributed by atoms with E-state index in [1.54, 1.807) is 0 Å². The molecular formula is C16H28N2O. The highest BCUT2D eigenvalue weighted by molar-refractivity contribution is 5.07. The third kappa shape index (κ3) is 5.00. The molecule has 0 saturated heterocycles. The molecule has 0 radical (unpaired) electrons. The average molecular weight is 264 g/mol. The van der Waals surface area contributed by atoms with Crippen molar-refractivity contribution in [1.82, 2.24) is 10.2 Å². The smallest absolute Gasteiger partial charge is 0.118 e. The lowest BCUT2D eigenvalue weighted by Crippen LogP contribution is -2.29. The number of nitrogens with one attached hydrogen (secondary N) is 1. The normalized spacial score (nSPS) is 15.6. The number of hydrogen-bond donors (Lipinski definition) is 1. The zero-order chi connectivity index (χ0) is 13.7. The molecule has 1 aromatic heterocycles. The van der Waals surface area contributed by atoms with E-state index in [1.807, 2.05) is 0 Å². The van der Waals surface area contributed by atoms with E-state index in [9.17, 15) is 0 Å². The highest BCUT2D eigenvalue weighted by Crippen LogP contribution is 2.29. The SMILES string of the molecule is CCCNCc1ccc(CN(CC(C)C)C2CC2)o1. The van der Waals surface area contributed by atoms with Gasteiger partial charge in [0.05, 0.1) is 13.1 Å².